The van der Waals surface area contributed by atoms with Crippen LogP contribution in [0.1, 0.15) is 38.5 Å². The largest absolute Gasteiger partial charge is 0.494 e. The summed E-state index contributed by atoms with van der Waals surface area (Å²) in [5, 5.41) is 12.9. The van der Waals surface area contributed by atoms with Gasteiger partial charge in [0.25, 0.3) is 0 Å². The molecule has 8 heteroatoms. The Hall–Kier alpha value is -3.36. The zero-order chi connectivity index (χ0) is 25.2. The van der Waals surface area contributed by atoms with E-state index in [4.69, 9.17) is 34.9 Å². The van der Waals surface area contributed by atoms with E-state index in [2.05, 4.69) is 57.3 Å². The summed E-state index contributed by atoms with van der Waals surface area (Å²) in [6, 6.07) is 22.3. The third-order valence-electron chi connectivity index (χ3n) is 5.99. The summed E-state index contributed by atoms with van der Waals surface area (Å²) >= 11 is 10.4. The van der Waals surface area contributed by atoms with E-state index < -0.39 is 0 Å². The van der Waals surface area contributed by atoms with Crippen LogP contribution in [-0.4, -0.2) is 28.4 Å². The first-order valence-corrected chi connectivity index (χ1v) is 13.2. The average Bonchev–Trinajstić information content (AvgIpc) is 3.23. The van der Waals surface area contributed by atoms with Gasteiger partial charge in [0.05, 0.1) is 6.61 Å². The Morgan fingerprint density at radius 2 is 1.50 bits per heavy atom. The summed E-state index contributed by atoms with van der Waals surface area (Å²) in [6.45, 7) is 1.59. The Labute approximate surface area is 223 Å². The Bertz CT molecular complexity index is 1320. The second kappa shape index (κ2) is 13.1. The van der Waals surface area contributed by atoms with E-state index in [1.165, 1.54) is 30.0 Å². The van der Waals surface area contributed by atoms with Crippen LogP contribution in [0.15, 0.2) is 66.7 Å². The molecule has 0 spiro atoms. The highest BCUT2D eigenvalue weighted by Crippen LogP contribution is 2.27. The van der Waals surface area contributed by atoms with E-state index >= 15 is 0 Å². The van der Waals surface area contributed by atoms with Crippen molar-refractivity contribution in [2.24, 2.45) is 5.73 Å². The number of aromatic nitrogens is 1. The molecule has 0 fully saturated rings. The number of hydrogen-bond donors (Lipinski definition) is 5. The van der Waals surface area contributed by atoms with Gasteiger partial charge in [-0.25, -0.2) is 0 Å². The van der Waals surface area contributed by atoms with Crippen molar-refractivity contribution in [3.63, 3.8) is 0 Å². The van der Waals surface area contributed by atoms with E-state index in [9.17, 15) is 0 Å². The standard InChI is InChI=1S/C28H33N5OS2/c29-27(35)31-20-10-9-11-22(18-20)34-17-8-4-2-1-3-7-16-30-28(36)32-21-14-15-26-24(19-21)23-12-5-6-13-25(23)33-26/h5-6,9-15,18-19,33H,1-4,7-8,16-17H2,(H3,29,31,35)(H2,30,32,36). The number of hydrogen-bond acceptors (Lipinski definition) is 3. The molecule has 0 aliphatic heterocycles. The number of nitrogens with one attached hydrogen (secondary N) is 4. The lowest BCUT2D eigenvalue weighted by molar-refractivity contribution is 0.304. The number of nitrogens with two attached hydrogens (primary N) is 1. The van der Waals surface area contributed by atoms with Gasteiger partial charge >= 0.3 is 0 Å². The van der Waals surface area contributed by atoms with Crippen LogP contribution < -0.4 is 26.4 Å². The summed E-state index contributed by atoms with van der Waals surface area (Å²) in [7, 11) is 0. The van der Waals surface area contributed by atoms with Gasteiger partial charge < -0.3 is 31.4 Å². The fraction of sp³-hybridized carbons (Fsp3) is 0.286. The number of benzene rings is 3. The zero-order valence-electron chi connectivity index (χ0n) is 20.3. The van der Waals surface area contributed by atoms with Crippen LogP contribution in [-0.2, 0) is 0 Å². The predicted molar refractivity (Wildman–Crippen MR) is 160 cm³/mol. The highest BCUT2D eigenvalue weighted by molar-refractivity contribution is 7.80. The minimum absolute atomic E-state index is 0.253. The molecule has 0 radical (unpaired) electrons. The van der Waals surface area contributed by atoms with Crippen LogP contribution in [0.4, 0.5) is 11.4 Å². The van der Waals surface area contributed by atoms with Crippen molar-refractivity contribution in [2.45, 2.75) is 38.5 Å². The molecule has 0 aliphatic carbocycles. The highest BCUT2D eigenvalue weighted by Gasteiger charge is 2.05. The Kier molecular flexibility index (Phi) is 9.35. The number of rotatable bonds is 12. The SMILES string of the molecule is NC(=S)Nc1cccc(OCCCCCCCCNC(=S)Nc2ccc3[nH]c4ccccc4c3c2)c1. The summed E-state index contributed by atoms with van der Waals surface area (Å²) in [6.07, 6.45) is 6.91. The molecule has 0 aliphatic rings. The van der Waals surface area contributed by atoms with Crippen molar-refractivity contribution in [1.29, 1.82) is 0 Å². The molecule has 6 nitrogen and oxygen atoms in total. The molecule has 1 heterocycles. The van der Waals surface area contributed by atoms with Crippen molar-refractivity contribution in [1.82, 2.24) is 10.3 Å². The number of fused-ring (bicyclic) bond motifs is 3. The molecule has 188 valence electrons. The van der Waals surface area contributed by atoms with Gasteiger partial charge in [-0.05, 0) is 73.7 Å². The third-order valence-corrected chi connectivity index (χ3v) is 6.34. The molecule has 0 amide bonds. The zero-order valence-corrected chi connectivity index (χ0v) is 21.9. The van der Waals surface area contributed by atoms with Gasteiger partial charge in [-0.3, -0.25) is 0 Å². The highest BCUT2D eigenvalue weighted by atomic mass is 32.1. The smallest absolute Gasteiger partial charge is 0.170 e. The van der Waals surface area contributed by atoms with Crippen LogP contribution in [0.25, 0.3) is 21.8 Å². The molecule has 0 unspecified atom stereocenters. The normalized spacial score (nSPS) is 10.9. The molecule has 0 saturated carbocycles. The van der Waals surface area contributed by atoms with Crippen molar-refractivity contribution < 1.29 is 4.74 Å². The van der Waals surface area contributed by atoms with Gasteiger partial charge in [0.15, 0.2) is 10.2 Å². The van der Waals surface area contributed by atoms with E-state index in [1.54, 1.807) is 0 Å². The topological polar surface area (TPSA) is 87.1 Å². The number of H-pyrrole nitrogens is 1. The maximum absolute atomic E-state index is 5.83. The van der Waals surface area contributed by atoms with Gasteiger partial charge in [-0.1, -0.05) is 49.9 Å². The molecule has 4 rings (SSSR count). The average molecular weight is 520 g/mol. The first-order chi connectivity index (χ1) is 17.6. The fourth-order valence-corrected chi connectivity index (χ4v) is 4.57. The van der Waals surface area contributed by atoms with Crippen molar-refractivity contribution in [3.05, 3.63) is 66.7 Å². The summed E-state index contributed by atoms with van der Waals surface area (Å²) < 4.78 is 5.83. The Morgan fingerprint density at radius 1 is 0.750 bits per heavy atom. The lowest BCUT2D eigenvalue weighted by Gasteiger charge is -2.11. The Morgan fingerprint density at radius 3 is 2.36 bits per heavy atom. The number of thiocarbonyl (C=S) groups is 2. The first-order valence-electron chi connectivity index (χ1n) is 12.4. The maximum Gasteiger partial charge on any atom is 0.170 e. The number of para-hydroxylation sites is 1. The molecule has 1 aromatic heterocycles. The molecule has 3 aromatic carbocycles. The van der Waals surface area contributed by atoms with E-state index in [0.29, 0.717) is 11.7 Å². The van der Waals surface area contributed by atoms with Gasteiger partial charge in [-0.2, -0.15) is 0 Å². The summed E-state index contributed by atoms with van der Waals surface area (Å²) in [4.78, 5) is 3.45. The second-order valence-corrected chi connectivity index (χ2v) is 9.65. The molecular formula is C28H33N5OS2. The van der Waals surface area contributed by atoms with Gasteiger partial charge in [0.2, 0.25) is 0 Å². The fourth-order valence-electron chi connectivity index (χ4n) is 4.23. The molecule has 6 N–H and O–H groups in total. The second-order valence-electron chi connectivity index (χ2n) is 8.80. The molecule has 0 atom stereocenters. The summed E-state index contributed by atoms with van der Waals surface area (Å²) in [5.41, 5.74) is 9.63. The number of ether oxygens (including phenoxy) is 1. The van der Waals surface area contributed by atoms with E-state index in [-0.39, 0.29) is 5.11 Å². The predicted octanol–water partition coefficient (Wildman–Crippen LogP) is 6.68. The van der Waals surface area contributed by atoms with Crippen molar-refractivity contribution in [2.75, 3.05) is 23.8 Å². The quantitative estimate of drug-likeness (QED) is 0.105. The monoisotopic (exact) mass is 519 g/mol. The molecule has 36 heavy (non-hydrogen) atoms. The molecule has 0 bridgehead atoms. The third kappa shape index (κ3) is 7.57. The van der Waals surface area contributed by atoms with Gasteiger partial charge in [0, 0.05) is 45.8 Å². The molecule has 4 aromatic rings. The van der Waals surface area contributed by atoms with Crippen molar-refractivity contribution in [3.8, 4) is 5.75 Å². The Balaban J connectivity index is 1.05. The summed E-state index contributed by atoms with van der Waals surface area (Å²) in [5.74, 6) is 0.827. The molecule has 0 saturated heterocycles. The van der Waals surface area contributed by atoms with Gasteiger partial charge in [-0.15, -0.1) is 0 Å². The number of aromatic amines is 1. The van der Waals surface area contributed by atoms with Crippen LogP contribution in [0.5, 0.6) is 5.75 Å². The van der Waals surface area contributed by atoms with Crippen LogP contribution in [0.3, 0.4) is 0 Å². The molecular weight excluding hydrogens is 486 g/mol. The minimum atomic E-state index is 0.253. The number of unbranched alkanes of at least 4 members (excludes halogenated alkanes) is 5. The van der Waals surface area contributed by atoms with E-state index in [1.807, 2.05) is 30.3 Å². The van der Waals surface area contributed by atoms with Crippen LogP contribution in [0, 0.1) is 0 Å². The van der Waals surface area contributed by atoms with Crippen LogP contribution >= 0.6 is 24.4 Å². The van der Waals surface area contributed by atoms with Crippen LogP contribution in [0.2, 0.25) is 0 Å². The maximum atomic E-state index is 5.83. The van der Waals surface area contributed by atoms with Gasteiger partial charge in [0.1, 0.15) is 5.75 Å². The van der Waals surface area contributed by atoms with Crippen molar-refractivity contribution >= 4 is 67.8 Å². The lowest BCUT2D eigenvalue weighted by atomic mass is 10.1. The number of anilines is 2. The van der Waals surface area contributed by atoms with E-state index in [0.717, 1.165) is 54.0 Å². The lowest BCUT2D eigenvalue weighted by Crippen LogP contribution is -2.29. The first kappa shape index (κ1) is 25.7. The minimum Gasteiger partial charge on any atom is -0.494 e.